The number of amides is 1. The smallest absolute Gasteiger partial charge is 0.248 e. The minimum atomic E-state index is -0.255. The molecule has 1 heterocycles. The first-order valence-corrected chi connectivity index (χ1v) is 7.69. The van der Waals surface area contributed by atoms with E-state index in [9.17, 15) is 9.18 Å². The average molecular weight is 300 g/mol. The van der Waals surface area contributed by atoms with Crippen LogP contribution >= 0.6 is 0 Å². The van der Waals surface area contributed by atoms with E-state index in [1.165, 1.54) is 18.6 Å². The van der Waals surface area contributed by atoms with Gasteiger partial charge in [-0.3, -0.25) is 15.2 Å². The molecule has 2 N–H and O–H groups in total. The molecule has 1 aromatic carbocycles. The molecule has 1 aromatic heterocycles. The molecule has 2 fully saturated rings. The molecule has 1 amide bonds. The highest BCUT2D eigenvalue weighted by atomic mass is 19.1. The Morgan fingerprint density at radius 3 is 2.73 bits per heavy atom. The van der Waals surface area contributed by atoms with Gasteiger partial charge >= 0.3 is 0 Å². The molecule has 0 saturated heterocycles. The normalized spacial score (nSPS) is 23.9. The number of halogens is 1. The van der Waals surface area contributed by atoms with E-state index < -0.39 is 0 Å². The van der Waals surface area contributed by atoms with Crippen molar-refractivity contribution in [2.45, 2.75) is 37.5 Å². The molecule has 2 saturated carbocycles. The van der Waals surface area contributed by atoms with E-state index in [-0.39, 0.29) is 23.6 Å². The molecule has 4 rings (SSSR count). The number of carbonyl (C=O) groups is 1. The van der Waals surface area contributed by atoms with E-state index in [1.54, 1.807) is 12.1 Å². The Hall–Kier alpha value is -2.24. The van der Waals surface area contributed by atoms with Crippen LogP contribution in [-0.2, 0) is 4.79 Å². The Bertz CT molecular complexity index is 692. The maximum atomic E-state index is 12.9. The van der Waals surface area contributed by atoms with Crippen LogP contribution in [0.5, 0.6) is 0 Å². The summed E-state index contributed by atoms with van der Waals surface area (Å²) in [5.74, 6) is 1.47. The van der Waals surface area contributed by atoms with Crippen molar-refractivity contribution in [1.29, 1.82) is 0 Å². The fourth-order valence-corrected chi connectivity index (χ4v) is 2.96. The zero-order valence-electron chi connectivity index (χ0n) is 12.1. The number of anilines is 1. The summed E-state index contributed by atoms with van der Waals surface area (Å²) in [5.41, 5.74) is 1.01. The molecule has 2 aliphatic rings. The second-order valence-electron chi connectivity index (χ2n) is 6.16. The second-order valence-corrected chi connectivity index (χ2v) is 6.16. The summed E-state index contributed by atoms with van der Waals surface area (Å²) >= 11 is 0. The van der Waals surface area contributed by atoms with Crippen LogP contribution in [0.25, 0.3) is 0 Å². The van der Waals surface area contributed by atoms with Gasteiger partial charge in [-0.25, -0.2) is 4.39 Å². The number of nitrogens with zero attached hydrogens (tertiary/aromatic N) is 2. The van der Waals surface area contributed by atoms with Gasteiger partial charge in [-0.05, 0) is 42.9 Å². The lowest BCUT2D eigenvalue weighted by Crippen LogP contribution is -2.16. The highest BCUT2D eigenvalue weighted by molar-refractivity contribution is 5.93. The second kappa shape index (κ2) is 5.19. The Balaban J connectivity index is 1.37. The summed E-state index contributed by atoms with van der Waals surface area (Å²) in [7, 11) is 0. The van der Waals surface area contributed by atoms with Gasteiger partial charge in [0, 0.05) is 11.8 Å². The maximum absolute atomic E-state index is 12.9. The molecule has 22 heavy (non-hydrogen) atoms. The summed E-state index contributed by atoms with van der Waals surface area (Å²) in [6.45, 7) is 0. The molecule has 2 aliphatic carbocycles. The van der Waals surface area contributed by atoms with Crippen molar-refractivity contribution in [3.63, 3.8) is 0 Å². The first-order chi connectivity index (χ1) is 10.7. The van der Waals surface area contributed by atoms with Gasteiger partial charge < -0.3 is 0 Å². The highest BCUT2D eigenvalue weighted by Crippen LogP contribution is 2.47. The minimum Gasteiger partial charge on any atom is -0.293 e. The van der Waals surface area contributed by atoms with Crippen molar-refractivity contribution >= 4 is 11.9 Å². The van der Waals surface area contributed by atoms with Crippen molar-refractivity contribution in [2.24, 2.45) is 5.92 Å². The third kappa shape index (κ3) is 2.49. The van der Waals surface area contributed by atoms with Crippen molar-refractivity contribution in [1.82, 2.24) is 15.2 Å². The Labute approximate surface area is 127 Å². The zero-order chi connectivity index (χ0) is 15.1. The van der Waals surface area contributed by atoms with Gasteiger partial charge in [-0.2, -0.15) is 4.98 Å². The fraction of sp³-hybridized carbons (Fsp3) is 0.438. The van der Waals surface area contributed by atoms with Gasteiger partial charge in [-0.1, -0.05) is 18.6 Å². The molecule has 0 spiro atoms. The number of hydrogen-bond acceptors (Lipinski definition) is 3. The van der Waals surface area contributed by atoms with E-state index in [0.29, 0.717) is 11.9 Å². The molecule has 0 radical (unpaired) electrons. The topological polar surface area (TPSA) is 70.7 Å². The molecule has 0 unspecified atom stereocenters. The predicted molar refractivity (Wildman–Crippen MR) is 78.9 cm³/mol. The number of benzene rings is 1. The molecule has 6 heteroatoms. The van der Waals surface area contributed by atoms with Crippen molar-refractivity contribution < 1.29 is 9.18 Å². The Kier molecular flexibility index (Phi) is 3.17. The molecule has 0 bridgehead atoms. The van der Waals surface area contributed by atoms with E-state index in [1.807, 2.05) is 0 Å². The maximum Gasteiger partial charge on any atom is 0.248 e. The quantitative estimate of drug-likeness (QED) is 0.912. The van der Waals surface area contributed by atoms with Gasteiger partial charge in [0.25, 0.3) is 0 Å². The predicted octanol–water partition coefficient (Wildman–Crippen LogP) is 2.95. The summed E-state index contributed by atoms with van der Waals surface area (Å²) in [5, 5.41) is 9.74. The molecule has 0 aliphatic heterocycles. The van der Waals surface area contributed by atoms with Crippen molar-refractivity contribution in [3.05, 3.63) is 41.5 Å². The lowest BCUT2D eigenvalue weighted by Gasteiger charge is -2.22. The van der Waals surface area contributed by atoms with Crippen LogP contribution in [0, 0.1) is 11.7 Å². The SMILES string of the molecule is O=C(Nc1n[nH]c(C2CCC2)n1)[C@@H]1C[C@H]1c1ccc(F)cc1. The van der Waals surface area contributed by atoms with Gasteiger partial charge in [-0.15, -0.1) is 5.10 Å². The van der Waals surface area contributed by atoms with Gasteiger partial charge in [0.1, 0.15) is 11.6 Å². The first-order valence-electron chi connectivity index (χ1n) is 7.69. The summed E-state index contributed by atoms with van der Waals surface area (Å²) in [6, 6.07) is 6.36. The van der Waals surface area contributed by atoms with Crippen LogP contribution in [0.2, 0.25) is 0 Å². The number of hydrogen-bond donors (Lipinski definition) is 2. The molecular weight excluding hydrogens is 283 g/mol. The van der Waals surface area contributed by atoms with E-state index >= 15 is 0 Å². The molecular formula is C16H17FN4O. The lowest BCUT2D eigenvalue weighted by atomic mass is 9.85. The third-order valence-electron chi connectivity index (χ3n) is 4.65. The summed E-state index contributed by atoms with van der Waals surface area (Å²) < 4.78 is 12.9. The monoisotopic (exact) mass is 300 g/mol. The Morgan fingerprint density at radius 2 is 2.05 bits per heavy atom. The van der Waals surface area contributed by atoms with Crippen LogP contribution in [0.15, 0.2) is 24.3 Å². The fourth-order valence-electron chi connectivity index (χ4n) is 2.96. The van der Waals surface area contributed by atoms with Crippen LogP contribution < -0.4 is 5.32 Å². The van der Waals surface area contributed by atoms with E-state index in [2.05, 4.69) is 20.5 Å². The largest absolute Gasteiger partial charge is 0.293 e. The molecule has 114 valence electrons. The lowest BCUT2D eigenvalue weighted by molar-refractivity contribution is -0.117. The number of aromatic nitrogens is 3. The number of nitrogens with one attached hydrogen (secondary N) is 2. The standard InChI is InChI=1S/C16H17FN4O/c17-11-6-4-9(5-7-11)12-8-13(12)15(22)19-16-18-14(20-21-16)10-2-1-3-10/h4-7,10,12-13H,1-3,8H2,(H2,18,19,20,21,22)/t12-,13+/m0/s1. The number of aromatic amines is 1. The minimum absolute atomic E-state index is 0.0616. The molecule has 5 nitrogen and oxygen atoms in total. The van der Waals surface area contributed by atoms with Crippen LogP contribution in [0.3, 0.4) is 0 Å². The van der Waals surface area contributed by atoms with Gasteiger partial charge in [0.15, 0.2) is 0 Å². The van der Waals surface area contributed by atoms with E-state index in [0.717, 1.165) is 30.7 Å². The Morgan fingerprint density at radius 1 is 1.27 bits per heavy atom. The molecule has 2 atom stereocenters. The summed E-state index contributed by atoms with van der Waals surface area (Å²) in [4.78, 5) is 16.6. The van der Waals surface area contributed by atoms with Crippen LogP contribution in [0.1, 0.15) is 48.9 Å². The number of carbonyl (C=O) groups excluding carboxylic acids is 1. The molecule has 2 aromatic rings. The summed E-state index contributed by atoms with van der Waals surface area (Å²) in [6.07, 6.45) is 4.29. The van der Waals surface area contributed by atoms with Crippen molar-refractivity contribution in [2.75, 3.05) is 5.32 Å². The first kappa shape index (κ1) is 13.4. The van der Waals surface area contributed by atoms with Crippen LogP contribution in [0.4, 0.5) is 10.3 Å². The zero-order valence-corrected chi connectivity index (χ0v) is 12.1. The highest BCUT2D eigenvalue weighted by Gasteiger charge is 2.44. The van der Waals surface area contributed by atoms with E-state index in [4.69, 9.17) is 0 Å². The van der Waals surface area contributed by atoms with Crippen LogP contribution in [-0.4, -0.2) is 21.1 Å². The number of rotatable bonds is 4. The van der Waals surface area contributed by atoms with Gasteiger partial charge in [0.05, 0.1) is 0 Å². The number of H-pyrrole nitrogens is 1. The average Bonchev–Trinajstić information content (AvgIpc) is 3.13. The third-order valence-corrected chi connectivity index (χ3v) is 4.65. The van der Waals surface area contributed by atoms with Crippen molar-refractivity contribution in [3.8, 4) is 0 Å². The van der Waals surface area contributed by atoms with Gasteiger partial charge in [0.2, 0.25) is 11.9 Å².